The van der Waals surface area contributed by atoms with Crippen molar-refractivity contribution in [2.24, 2.45) is 0 Å². The molecule has 0 saturated carbocycles. The lowest BCUT2D eigenvalue weighted by Crippen LogP contribution is -2.46. The Morgan fingerprint density at radius 3 is 2.25 bits per heavy atom. The largest absolute Gasteiger partial charge is 0.369 e. The Morgan fingerprint density at radius 1 is 0.750 bits per heavy atom. The first-order valence-corrected chi connectivity index (χ1v) is 11.8. The average molecular weight is 486 g/mol. The fourth-order valence-corrected chi connectivity index (χ4v) is 4.66. The van der Waals surface area contributed by atoms with E-state index in [1.54, 1.807) is 0 Å². The van der Waals surface area contributed by atoms with Crippen LogP contribution in [0.4, 0.5) is 5.69 Å². The molecule has 0 aliphatic carbocycles. The highest BCUT2D eigenvalue weighted by Crippen LogP contribution is 2.28. The van der Waals surface area contributed by atoms with Crippen LogP contribution < -0.4 is 4.90 Å². The molecule has 1 fully saturated rings. The number of nitrogens with zero attached hydrogens (tertiary/aromatic N) is 4. The van der Waals surface area contributed by atoms with Crippen LogP contribution in [0.15, 0.2) is 66.7 Å². The van der Waals surface area contributed by atoms with Crippen LogP contribution in [0, 0.1) is 0 Å². The smallest absolute Gasteiger partial charge is 0.124 e. The summed E-state index contributed by atoms with van der Waals surface area (Å²) < 4.78 is 2.32. The Labute approximate surface area is 202 Å². The quantitative estimate of drug-likeness (QED) is 0.328. The van der Waals surface area contributed by atoms with Crippen molar-refractivity contribution in [3.05, 3.63) is 93.2 Å². The topological polar surface area (TPSA) is 24.3 Å². The normalized spacial score (nSPS) is 14.9. The molecular weight excluding hydrogens is 463 g/mol. The fraction of sp³-hybridized carbons (Fsp3) is 0.240. The average Bonchev–Trinajstić information content (AvgIpc) is 3.14. The van der Waals surface area contributed by atoms with Gasteiger partial charge in [-0.1, -0.05) is 59.1 Å². The molecule has 5 rings (SSSR count). The molecule has 0 amide bonds. The van der Waals surface area contributed by atoms with Crippen LogP contribution >= 0.6 is 34.8 Å². The first-order chi connectivity index (χ1) is 15.6. The van der Waals surface area contributed by atoms with Gasteiger partial charge in [-0.2, -0.15) is 0 Å². The first-order valence-electron chi connectivity index (χ1n) is 10.7. The van der Waals surface area contributed by atoms with E-state index in [1.165, 1.54) is 5.56 Å². The minimum absolute atomic E-state index is 0.591. The van der Waals surface area contributed by atoms with Gasteiger partial charge in [-0.05, 0) is 48.0 Å². The summed E-state index contributed by atoms with van der Waals surface area (Å²) in [6, 6.07) is 22.2. The molecule has 0 spiro atoms. The second-order valence-electron chi connectivity index (χ2n) is 8.09. The van der Waals surface area contributed by atoms with Crippen LogP contribution in [0.2, 0.25) is 15.1 Å². The van der Waals surface area contributed by atoms with Crippen molar-refractivity contribution >= 4 is 51.5 Å². The van der Waals surface area contributed by atoms with E-state index in [0.717, 1.165) is 66.8 Å². The number of hydrogen-bond donors (Lipinski definition) is 0. The predicted octanol–water partition coefficient (Wildman–Crippen LogP) is 6.37. The van der Waals surface area contributed by atoms with Gasteiger partial charge >= 0.3 is 0 Å². The summed E-state index contributed by atoms with van der Waals surface area (Å²) in [6.07, 6.45) is 0. The van der Waals surface area contributed by atoms with Gasteiger partial charge in [0.25, 0.3) is 0 Å². The van der Waals surface area contributed by atoms with Gasteiger partial charge < -0.3 is 9.47 Å². The summed E-state index contributed by atoms with van der Waals surface area (Å²) >= 11 is 18.4. The van der Waals surface area contributed by atoms with Gasteiger partial charge in [-0.3, -0.25) is 4.90 Å². The first kappa shape index (κ1) is 21.6. The van der Waals surface area contributed by atoms with Crippen LogP contribution in [0.3, 0.4) is 0 Å². The van der Waals surface area contributed by atoms with Crippen LogP contribution in [-0.2, 0) is 13.1 Å². The minimum atomic E-state index is 0.591. The zero-order valence-corrected chi connectivity index (χ0v) is 19.8. The van der Waals surface area contributed by atoms with Crippen LogP contribution in [0.1, 0.15) is 11.4 Å². The molecule has 2 heterocycles. The minimum Gasteiger partial charge on any atom is -0.369 e. The third-order valence-corrected chi connectivity index (χ3v) is 6.98. The summed E-state index contributed by atoms with van der Waals surface area (Å²) in [5.41, 5.74) is 4.52. The molecule has 32 heavy (non-hydrogen) atoms. The van der Waals surface area contributed by atoms with Crippen molar-refractivity contribution in [3.8, 4) is 0 Å². The van der Waals surface area contributed by atoms with E-state index < -0.39 is 0 Å². The van der Waals surface area contributed by atoms with E-state index in [-0.39, 0.29) is 0 Å². The van der Waals surface area contributed by atoms with Crippen molar-refractivity contribution in [3.63, 3.8) is 0 Å². The lowest BCUT2D eigenvalue weighted by Gasteiger charge is -2.36. The number of aromatic nitrogens is 2. The van der Waals surface area contributed by atoms with E-state index in [0.29, 0.717) is 10.0 Å². The lowest BCUT2D eigenvalue weighted by atomic mass is 10.2. The summed E-state index contributed by atoms with van der Waals surface area (Å²) in [5, 5.41) is 1.94. The van der Waals surface area contributed by atoms with E-state index in [9.17, 15) is 0 Å². The monoisotopic (exact) mass is 484 g/mol. The highest BCUT2D eigenvalue weighted by molar-refractivity contribution is 6.42. The molecule has 3 aromatic carbocycles. The molecule has 0 unspecified atom stereocenters. The van der Waals surface area contributed by atoms with Gasteiger partial charge in [0.15, 0.2) is 0 Å². The molecule has 0 radical (unpaired) electrons. The van der Waals surface area contributed by atoms with Gasteiger partial charge in [0.05, 0.1) is 27.6 Å². The number of anilines is 1. The van der Waals surface area contributed by atoms with Gasteiger partial charge in [-0.15, -0.1) is 0 Å². The number of fused-ring (bicyclic) bond motifs is 1. The maximum atomic E-state index is 6.21. The molecular formula is C25H23Cl3N4. The van der Waals surface area contributed by atoms with Gasteiger partial charge in [0.2, 0.25) is 0 Å². The zero-order chi connectivity index (χ0) is 22.1. The maximum absolute atomic E-state index is 6.21. The number of imidazole rings is 1. The molecule has 0 atom stereocenters. The SMILES string of the molecule is Clc1ccc(Cn2c(CN3CCN(c4ccc(Cl)c(Cl)c4)CC3)nc3ccccc32)cc1. The predicted molar refractivity (Wildman–Crippen MR) is 134 cm³/mol. The molecule has 1 aliphatic rings. The molecule has 4 aromatic rings. The van der Waals surface area contributed by atoms with Gasteiger partial charge in [-0.25, -0.2) is 4.98 Å². The van der Waals surface area contributed by atoms with Crippen molar-refractivity contribution in [1.29, 1.82) is 0 Å². The molecule has 1 aromatic heterocycles. The molecule has 1 aliphatic heterocycles. The second-order valence-corrected chi connectivity index (χ2v) is 9.34. The fourth-order valence-electron chi connectivity index (χ4n) is 4.24. The zero-order valence-electron chi connectivity index (χ0n) is 17.5. The summed E-state index contributed by atoms with van der Waals surface area (Å²) in [7, 11) is 0. The maximum Gasteiger partial charge on any atom is 0.124 e. The van der Waals surface area contributed by atoms with Crippen LogP contribution in [0.5, 0.6) is 0 Å². The number of piperazine rings is 1. The molecule has 7 heteroatoms. The molecule has 4 nitrogen and oxygen atoms in total. The standard InChI is InChI=1S/C25H23Cl3N4/c26-19-7-5-18(6-8-19)16-32-24-4-2-1-3-23(24)29-25(32)17-30-11-13-31(14-12-30)20-9-10-21(27)22(28)15-20/h1-10,15H,11-14,16-17H2. The van der Waals surface area contributed by atoms with Gasteiger partial charge in [0, 0.05) is 43.4 Å². The third kappa shape index (κ3) is 4.60. The Morgan fingerprint density at radius 2 is 1.50 bits per heavy atom. The Bertz CT molecular complexity index is 1230. The Hall–Kier alpha value is -2.24. The number of hydrogen-bond acceptors (Lipinski definition) is 3. The van der Waals surface area contributed by atoms with E-state index in [2.05, 4.69) is 44.7 Å². The van der Waals surface area contributed by atoms with Crippen LogP contribution in [-0.4, -0.2) is 40.6 Å². The van der Waals surface area contributed by atoms with Crippen LogP contribution in [0.25, 0.3) is 11.0 Å². The van der Waals surface area contributed by atoms with E-state index in [4.69, 9.17) is 39.8 Å². The highest BCUT2D eigenvalue weighted by Gasteiger charge is 2.20. The van der Waals surface area contributed by atoms with Crippen molar-refractivity contribution in [1.82, 2.24) is 14.5 Å². The second kappa shape index (κ2) is 9.32. The lowest BCUT2D eigenvalue weighted by molar-refractivity contribution is 0.241. The number of para-hydroxylation sites is 2. The number of benzene rings is 3. The van der Waals surface area contributed by atoms with Crippen molar-refractivity contribution in [2.75, 3.05) is 31.1 Å². The van der Waals surface area contributed by atoms with E-state index in [1.807, 2.05) is 36.4 Å². The third-order valence-electron chi connectivity index (χ3n) is 5.99. The highest BCUT2D eigenvalue weighted by atomic mass is 35.5. The molecule has 1 saturated heterocycles. The number of halogens is 3. The molecule has 164 valence electrons. The van der Waals surface area contributed by atoms with Gasteiger partial charge in [0.1, 0.15) is 5.82 Å². The summed E-state index contributed by atoms with van der Waals surface area (Å²) in [4.78, 5) is 9.79. The Kier molecular flexibility index (Phi) is 6.29. The molecule has 0 N–H and O–H groups in total. The van der Waals surface area contributed by atoms with Crippen molar-refractivity contribution < 1.29 is 0 Å². The Balaban J connectivity index is 1.33. The van der Waals surface area contributed by atoms with E-state index >= 15 is 0 Å². The summed E-state index contributed by atoms with van der Waals surface area (Å²) in [6.45, 7) is 5.40. The molecule has 0 bridgehead atoms. The summed E-state index contributed by atoms with van der Waals surface area (Å²) in [5.74, 6) is 1.09. The number of rotatable bonds is 5. The van der Waals surface area contributed by atoms with Crippen molar-refractivity contribution in [2.45, 2.75) is 13.1 Å².